The van der Waals surface area contributed by atoms with Crippen LogP contribution >= 0.6 is 12.2 Å². The van der Waals surface area contributed by atoms with Crippen LogP contribution in [-0.2, 0) is 14.3 Å². The predicted molar refractivity (Wildman–Crippen MR) is 58.6 cm³/mol. The van der Waals surface area contributed by atoms with Crippen molar-refractivity contribution in [1.82, 2.24) is 5.32 Å². The first-order valence-corrected chi connectivity index (χ1v) is 5.01. The Hall–Kier alpha value is -0.520. The van der Waals surface area contributed by atoms with Crippen molar-refractivity contribution in [1.29, 1.82) is 0 Å². The smallest absolute Gasteiger partial charge is 0.122 e. The predicted octanol–water partition coefficient (Wildman–Crippen LogP) is 0.545. The van der Waals surface area contributed by atoms with Gasteiger partial charge in [-0.15, -0.1) is 0 Å². The molecule has 4 nitrogen and oxygen atoms in total. The second kappa shape index (κ2) is 10.6. The van der Waals surface area contributed by atoms with Gasteiger partial charge in [-0.2, -0.15) is 0 Å². The lowest BCUT2D eigenvalue weighted by atomic mass is 10.5. The maximum Gasteiger partial charge on any atom is 0.122 e. The molecule has 0 aromatic rings. The molecule has 82 valence electrons. The third-order valence-electron chi connectivity index (χ3n) is 1.37. The summed E-state index contributed by atoms with van der Waals surface area (Å²) in [7, 11) is 0. The largest absolute Gasteiger partial charge is 0.379 e. The van der Waals surface area contributed by atoms with Gasteiger partial charge in [0.2, 0.25) is 0 Å². The van der Waals surface area contributed by atoms with Gasteiger partial charge < -0.3 is 19.6 Å². The van der Waals surface area contributed by atoms with Crippen LogP contribution < -0.4 is 5.32 Å². The summed E-state index contributed by atoms with van der Waals surface area (Å²) in [6.07, 6.45) is 1.29. The first-order valence-electron chi connectivity index (χ1n) is 4.61. The quantitative estimate of drug-likeness (QED) is 0.348. The fourth-order valence-electron chi connectivity index (χ4n) is 0.753. The molecule has 0 amide bonds. The van der Waals surface area contributed by atoms with Gasteiger partial charge in [0.1, 0.15) is 6.29 Å². The number of ether oxygens (including phenoxy) is 2. The number of hydrogen-bond donors (Lipinski definition) is 1. The van der Waals surface area contributed by atoms with E-state index in [-0.39, 0.29) is 0 Å². The summed E-state index contributed by atoms with van der Waals surface area (Å²) in [5, 5.41) is 2.98. The number of carbonyl (C=O) groups excluding carboxylic acids is 1. The lowest BCUT2D eigenvalue weighted by Gasteiger charge is -2.05. The lowest BCUT2D eigenvalue weighted by Crippen LogP contribution is -2.23. The minimum atomic E-state index is 0.450. The maximum atomic E-state index is 9.91. The average Bonchev–Trinajstić information content (AvgIpc) is 2.15. The van der Waals surface area contributed by atoms with Gasteiger partial charge in [-0.1, -0.05) is 12.2 Å². The van der Waals surface area contributed by atoms with Crippen molar-refractivity contribution in [3.8, 4) is 0 Å². The maximum absolute atomic E-state index is 9.91. The molecule has 0 atom stereocenters. The van der Waals surface area contributed by atoms with E-state index >= 15 is 0 Å². The van der Waals surface area contributed by atoms with Crippen LogP contribution in [0.5, 0.6) is 0 Å². The number of aldehydes is 1. The molecule has 0 rings (SSSR count). The van der Waals surface area contributed by atoms with Crippen molar-refractivity contribution in [3.63, 3.8) is 0 Å². The summed E-state index contributed by atoms with van der Waals surface area (Å²) in [5.74, 6) is 0. The standard InChI is InChI=1S/C9H17NO3S/c1-9(14)10-3-6-13-8-7-12-5-2-4-11/h4H,2-3,5-8H2,1H3,(H,10,14). The van der Waals surface area contributed by atoms with Gasteiger partial charge in [0.15, 0.2) is 0 Å². The van der Waals surface area contributed by atoms with E-state index in [0.29, 0.717) is 32.8 Å². The Bertz CT molecular complexity index is 164. The minimum Gasteiger partial charge on any atom is -0.379 e. The summed E-state index contributed by atoms with van der Waals surface area (Å²) < 4.78 is 10.3. The molecule has 14 heavy (non-hydrogen) atoms. The first-order chi connectivity index (χ1) is 6.77. The Morgan fingerprint density at radius 2 is 1.93 bits per heavy atom. The molecule has 0 aliphatic heterocycles. The van der Waals surface area contributed by atoms with Crippen molar-refractivity contribution in [2.45, 2.75) is 13.3 Å². The van der Waals surface area contributed by atoms with E-state index in [9.17, 15) is 4.79 Å². The van der Waals surface area contributed by atoms with Gasteiger partial charge in [-0.25, -0.2) is 0 Å². The van der Waals surface area contributed by atoms with E-state index in [1.807, 2.05) is 6.92 Å². The minimum absolute atomic E-state index is 0.450. The van der Waals surface area contributed by atoms with Crippen LogP contribution in [0.2, 0.25) is 0 Å². The number of carbonyl (C=O) groups is 1. The van der Waals surface area contributed by atoms with Gasteiger partial charge in [-0.3, -0.25) is 0 Å². The summed E-state index contributed by atoms with van der Waals surface area (Å²) in [6.45, 7) is 4.73. The van der Waals surface area contributed by atoms with Crippen molar-refractivity contribution >= 4 is 23.5 Å². The number of nitrogens with one attached hydrogen (secondary N) is 1. The molecule has 0 spiro atoms. The highest BCUT2D eigenvalue weighted by Crippen LogP contribution is 1.80. The van der Waals surface area contributed by atoms with Crippen LogP contribution in [0.4, 0.5) is 0 Å². The monoisotopic (exact) mass is 219 g/mol. The topological polar surface area (TPSA) is 47.6 Å². The molecule has 5 heteroatoms. The van der Waals surface area contributed by atoms with E-state index in [1.165, 1.54) is 0 Å². The van der Waals surface area contributed by atoms with Crippen LogP contribution in [0, 0.1) is 0 Å². The molecule has 0 radical (unpaired) electrons. The van der Waals surface area contributed by atoms with E-state index in [2.05, 4.69) is 5.32 Å². The van der Waals surface area contributed by atoms with Crippen LogP contribution in [0.3, 0.4) is 0 Å². The zero-order valence-corrected chi connectivity index (χ0v) is 9.27. The van der Waals surface area contributed by atoms with Crippen LogP contribution in [0.25, 0.3) is 0 Å². The molecule has 0 aromatic heterocycles. The molecule has 0 bridgehead atoms. The molecule has 0 aliphatic carbocycles. The van der Waals surface area contributed by atoms with Crippen molar-refractivity contribution in [2.24, 2.45) is 0 Å². The highest BCUT2D eigenvalue weighted by molar-refractivity contribution is 7.80. The molecule has 0 aliphatic rings. The number of thiocarbonyl (C=S) groups is 1. The normalized spacial score (nSPS) is 9.79. The molecule has 0 heterocycles. The van der Waals surface area contributed by atoms with E-state index < -0.39 is 0 Å². The molecule has 0 unspecified atom stereocenters. The summed E-state index contributed by atoms with van der Waals surface area (Å²) in [4.78, 5) is 10.7. The van der Waals surface area contributed by atoms with Crippen LogP contribution in [-0.4, -0.2) is 44.2 Å². The Labute approximate surface area is 90.0 Å². The first kappa shape index (κ1) is 13.5. The Kier molecular flexibility index (Phi) is 10.2. The molecule has 0 fully saturated rings. The average molecular weight is 219 g/mol. The Morgan fingerprint density at radius 3 is 2.50 bits per heavy atom. The number of hydrogen-bond acceptors (Lipinski definition) is 4. The van der Waals surface area contributed by atoms with Gasteiger partial charge >= 0.3 is 0 Å². The highest BCUT2D eigenvalue weighted by Gasteiger charge is 1.90. The Morgan fingerprint density at radius 1 is 1.29 bits per heavy atom. The fraction of sp³-hybridized carbons (Fsp3) is 0.778. The van der Waals surface area contributed by atoms with Crippen LogP contribution in [0.1, 0.15) is 13.3 Å². The summed E-state index contributed by atoms with van der Waals surface area (Å²) >= 11 is 4.82. The highest BCUT2D eigenvalue weighted by atomic mass is 32.1. The third kappa shape index (κ3) is 11.5. The SMILES string of the molecule is CC(=S)NCCOCCOCCC=O. The van der Waals surface area contributed by atoms with Crippen molar-refractivity contribution in [2.75, 3.05) is 33.0 Å². The molecule has 0 saturated carbocycles. The molecule has 0 aromatic carbocycles. The van der Waals surface area contributed by atoms with E-state index in [4.69, 9.17) is 21.7 Å². The van der Waals surface area contributed by atoms with Crippen molar-refractivity contribution in [3.05, 3.63) is 0 Å². The fourth-order valence-corrected chi connectivity index (χ4v) is 0.855. The molecular formula is C9H17NO3S. The van der Waals surface area contributed by atoms with Gasteiger partial charge in [0.05, 0.1) is 31.4 Å². The van der Waals surface area contributed by atoms with Crippen molar-refractivity contribution < 1.29 is 14.3 Å². The molecule has 1 N–H and O–H groups in total. The summed E-state index contributed by atoms with van der Waals surface area (Å²) in [6, 6.07) is 0. The van der Waals surface area contributed by atoms with Crippen LogP contribution in [0.15, 0.2) is 0 Å². The van der Waals surface area contributed by atoms with E-state index in [0.717, 1.165) is 17.8 Å². The van der Waals surface area contributed by atoms with Gasteiger partial charge in [0, 0.05) is 13.0 Å². The molecule has 0 saturated heterocycles. The zero-order chi connectivity index (χ0) is 10.6. The summed E-state index contributed by atoms with van der Waals surface area (Å²) in [5.41, 5.74) is 0. The Balaban J connectivity index is 2.92. The second-order valence-corrected chi connectivity index (χ2v) is 3.28. The third-order valence-corrected chi connectivity index (χ3v) is 1.52. The zero-order valence-electron chi connectivity index (χ0n) is 8.45. The van der Waals surface area contributed by atoms with E-state index in [1.54, 1.807) is 0 Å². The lowest BCUT2D eigenvalue weighted by molar-refractivity contribution is -0.108. The van der Waals surface area contributed by atoms with Gasteiger partial charge in [0.25, 0.3) is 0 Å². The second-order valence-electron chi connectivity index (χ2n) is 2.66. The van der Waals surface area contributed by atoms with Gasteiger partial charge in [-0.05, 0) is 6.92 Å². The number of rotatable bonds is 9. The molecular weight excluding hydrogens is 202 g/mol.